The highest BCUT2D eigenvalue weighted by Crippen LogP contribution is 2.30. The van der Waals surface area contributed by atoms with E-state index in [9.17, 15) is 14.6 Å². The van der Waals surface area contributed by atoms with E-state index in [1.807, 2.05) is 13.0 Å². The summed E-state index contributed by atoms with van der Waals surface area (Å²) in [6.07, 6.45) is 5.46. The van der Waals surface area contributed by atoms with Crippen LogP contribution in [-0.4, -0.2) is 36.6 Å². The third-order valence-electron chi connectivity index (χ3n) is 4.42. The van der Waals surface area contributed by atoms with Crippen molar-refractivity contribution in [2.45, 2.75) is 64.7 Å². The van der Waals surface area contributed by atoms with Crippen LogP contribution in [-0.2, 0) is 16.0 Å². The number of carbonyl (C=O) groups excluding carboxylic acids is 2. The Morgan fingerprint density at radius 2 is 2.04 bits per heavy atom. The minimum atomic E-state index is -1.19. The highest BCUT2D eigenvalue weighted by molar-refractivity contribution is 6.47. The smallest absolute Gasteiger partial charge is 0.534 e. The average Bonchev–Trinajstić information content (AvgIpc) is 2.63. The fourth-order valence-electron chi connectivity index (χ4n) is 2.92. The van der Waals surface area contributed by atoms with Gasteiger partial charge in [-0.2, -0.15) is 0 Å². The molecule has 0 radical (unpaired) electrons. The lowest BCUT2D eigenvalue weighted by atomic mass is 9.72. The van der Waals surface area contributed by atoms with Crippen LogP contribution in [0.25, 0.3) is 0 Å². The van der Waals surface area contributed by atoms with Crippen LogP contribution in [0.15, 0.2) is 18.2 Å². The van der Waals surface area contributed by atoms with E-state index in [-0.39, 0.29) is 5.91 Å². The molecule has 0 aromatic heterocycles. The first-order chi connectivity index (χ1) is 12.6. The Kier molecular flexibility index (Phi) is 7.97. The lowest BCUT2D eigenvalue weighted by Crippen LogP contribution is -2.53. The molecule has 0 saturated carbocycles. The third-order valence-corrected chi connectivity index (χ3v) is 4.42. The molecule has 0 unspecified atom stereocenters. The Bertz CT molecular complexity index is 622. The molecular weight excluding hydrogens is 333 g/mol. The number of carbonyl (C=O) groups is 2. The number of benzene rings is 1. The average molecular weight is 361 g/mol. The molecule has 1 amide bonds. The molecule has 2 rings (SSSR count). The highest BCUT2D eigenvalue weighted by Gasteiger charge is 2.37. The fourth-order valence-corrected chi connectivity index (χ4v) is 2.92. The maximum Gasteiger partial charge on any atom is 0.547 e. The van der Waals surface area contributed by atoms with Crippen molar-refractivity contribution < 1.29 is 24.0 Å². The number of rotatable bonds is 9. The maximum atomic E-state index is 12.3. The van der Waals surface area contributed by atoms with Gasteiger partial charge in [0.05, 0.1) is 12.5 Å². The summed E-state index contributed by atoms with van der Waals surface area (Å²) in [4.78, 5) is 24.2. The normalized spacial score (nSPS) is 15.8. The number of amides is 1. The van der Waals surface area contributed by atoms with Crippen molar-refractivity contribution >= 4 is 19.0 Å². The molecule has 6 nitrogen and oxygen atoms in total. The summed E-state index contributed by atoms with van der Waals surface area (Å²) in [6, 6.07) is 5.23. The SMILES string of the molecule is CCCCCOC(=O)c1cccc2c1OB(O)[C@@H](NC(=O)CCCC)C2. The van der Waals surface area contributed by atoms with E-state index in [1.54, 1.807) is 12.1 Å². The van der Waals surface area contributed by atoms with Gasteiger partial charge in [0.25, 0.3) is 0 Å². The Hall–Kier alpha value is -2.02. The van der Waals surface area contributed by atoms with Crippen LogP contribution in [0.2, 0.25) is 0 Å². The predicted octanol–water partition coefficient (Wildman–Crippen LogP) is 2.66. The van der Waals surface area contributed by atoms with Crippen molar-refractivity contribution in [3.05, 3.63) is 29.3 Å². The summed E-state index contributed by atoms with van der Waals surface area (Å²) in [5, 5.41) is 13.1. The monoisotopic (exact) mass is 361 g/mol. The van der Waals surface area contributed by atoms with Crippen LogP contribution in [0.5, 0.6) is 5.75 Å². The Balaban J connectivity index is 2.03. The number of ether oxygens (including phenoxy) is 1. The molecule has 1 aliphatic heterocycles. The van der Waals surface area contributed by atoms with Crippen LogP contribution in [0.3, 0.4) is 0 Å². The zero-order valence-electron chi connectivity index (χ0n) is 15.6. The van der Waals surface area contributed by atoms with E-state index in [4.69, 9.17) is 9.39 Å². The maximum absolute atomic E-state index is 12.3. The van der Waals surface area contributed by atoms with Gasteiger partial charge < -0.3 is 19.7 Å². The highest BCUT2D eigenvalue weighted by atomic mass is 16.5. The molecule has 0 saturated heterocycles. The molecular formula is C19H28BNO5. The standard InChI is InChI=1S/C19H28BNO5/c1-3-5-7-12-25-19(23)15-10-8-9-14-13-16(20(24)26-18(14)15)21-17(22)11-6-4-2/h8-10,16,24H,3-7,11-13H2,1-2H3,(H,21,22)/t16-/m0/s1. The molecule has 1 aliphatic rings. The Morgan fingerprint density at radius 3 is 2.77 bits per heavy atom. The number of esters is 1. The molecule has 142 valence electrons. The first-order valence-corrected chi connectivity index (χ1v) is 9.49. The van der Waals surface area contributed by atoms with Gasteiger partial charge >= 0.3 is 13.1 Å². The molecule has 1 heterocycles. The van der Waals surface area contributed by atoms with Crippen LogP contribution in [0, 0.1) is 0 Å². The van der Waals surface area contributed by atoms with Crippen LogP contribution < -0.4 is 9.97 Å². The molecule has 0 spiro atoms. The molecule has 0 fully saturated rings. The van der Waals surface area contributed by atoms with Gasteiger partial charge in [-0.15, -0.1) is 0 Å². The third kappa shape index (κ3) is 5.49. The first-order valence-electron chi connectivity index (χ1n) is 9.49. The van der Waals surface area contributed by atoms with Gasteiger partial charge in [-0.1, -0.05) is 45.2 Å². The summed E-state index contributed by atoms with van der Waals surface area (Å²) < 4.78 is 10.9. The van der Waals surface area contributed by atoms with Gasteiger partial charge in [-0.3, -0.25) is 4.79 Å². The second-order valence-corrected chi connectivity index (χ2v) is 6.63. The van der Waals surface area contributed by atoms with Crippen molar-refractivity contribution in [2.75, 3.05) is 6.61 Å². The van der Waals surface area contributed by atoms with E-state index in [2.05, 4.69) is 12.2 Å². The van der Waals surface area contributed by atoms with Gasteiger partial charge in [0.1, 0.15) is 11.3 Å². The molecule has 0 aliphatic carbocycles. The lowest BCUT2D eigenvalue weighted by Gasteiger charge is -2.29. The zero-order valence-corrected chi connectivity index (χ0v) is 15.6. The molecule has 1 atom stereocenters. The molecule has 1 aromatic carbocycles. The largest absolute Gasteiger partial charge is 0.547 e. The minimum absolute atomic E-state index is 0.102. The molecule has 2 N–H and O–H groups in total. The van der Waals surface area contributed by atoms with Gasteiger partial charge in [0, 0.05) is 6.42 Å². The van der Waals surface area contributed by atoms with Gasteiger partial charge in [-0.25, -0.2) is 4.79 Å². The summed E-state index contributed by atoms with van der Waals surface area (Å²) in [5.41, 5.74) is 1.09. The van der Waals surface area contributed by atoms with E-state index >= 15 is 0 Å². The number of hydrogen-bond donors (Lipinski definition) is 2. The van der Waals surface area contributed by atoms with Gasteiger partial charge in [0.2, 0.25) is 5.91 Å². The Morgan fingerprint density at radius 1 is 1.27 bits per heavy atom. The topological polar surface area (TPSA) is 84.9 Å². The molecule has 26 heavy (non-hydrogen) atoms. The van der Waals surface area contributed by atoms with Crippen molar-refractivity contribution in [2.24, 2.45) is 0 Å². The van der Waals surface area contributed by atoms with E-state index in [0.29, 0.717) is 30.8 Å². The van der Waals surface area contributed by atoms with Gasteiger partial charge in [0.15, 0.2) is 0 Å². The number of para-hydroxylation sites is 1. The number of nitrogens with one attached hydrogen (secondary N) is 1. The second-order valence-electron chi connectivity index (χ2n) is 6.63. The summed E-state index contributed by atoms with van der Waals surface area (Å²) in [6.45, 7) is 4.47. The van der Waals surface area contributed by atoms with Crippen LogP contribution in [0.4, 0.5) is 0 Å². The number of fused-ring (bicyclic) bond motifs is 1. The second kappa shape index (κ2) is 10.2. The Labute approximate surface area is 155 Å². The minimum Gasteiger partial charge on any atom is -0.534 e. The molecule has 7 heteroatoms. The van der Waals surface area contributed by atoms with E-state index < -0.39 is 19.0 Å². The molecule has 1 aromatic rings. The predicted molar refractivity (Wildman–Crippen MR) is 100 cm³/mol. The quantitative estimate of drug-likeness (QED) is 0.401. The summed E-state index contributed by atoms with van der Waals surface area (Å²) in [7, 11) is -1.19. The molecule has 0 bridgehead atoms. The van der Waals surface area contributed by atoms with E-state index in [0.717, 1.165) is 37.7 Å². The van der Waals surface area contributed by atoms with E-state index in [1.165, 1.54) is 0 Å². The first kappa shape index (κ1) is 20.3. The van der Waals surface area contributed by atoms with Crippen molar-refractivity contribution in [3.63, 3.8) is 0 Å². The summed E-state index contributed by atoms with van der Waals surface area (Å²) >= 11 is 0. The summed E-state index contributed by atoms with van der Waals surface area (Å²) in [5.74, 6) is -0.729. The fraction of sp³-hybridized carbons (Fsp3) is 0.579. The van der Waals surface area contributed by atoms with Gasteiger partial charge in [-0.05, 0) is 30.9 Å². The van der Waals surface area contributed by atoms with Crippen molar-refractivity contribution in [1.29, 1.82) is 0 Å². The van der Waals surface area contributed by atoms with Crippen molar-refractivity contribution in [1.82, 2.24) is 5.32 Å². The van der Waals surface area contributed by atoms with Crippen LogP contribution >= 0.6 is 0 Å². The number of hydrogen-bond acceptors (Lipinski definition) is 5. The van der Waals surface area contributed by atoms with Crippen LogP contribution in [0.1, 0.15) is 68.3 Å². The lowest BCUT2D eigenvalue weighted by molar-refractivity contribution is -0.121. The zero-order chi connectivity index (χ0) is 18.9. The number of unbranched alkanes of at least 4 members (excludes halogenated alkanes) is 3. The van der Waals surface area contributed by atoms with Crippen molar-refractivity contribution in [3.8, 4) is 5.75 Å².